The van der Waals surface area contributed by atoms with E-state index in [4.69, 9.17) is 9.47 Å². The summed E-state index contributed by atoms with van der Waals surface area (Å²) in [7, 11) is 0. The molecule has 0 fully saturated rings. The summed E-state index contributed by atoms with van der Waals surface area (Å²) >= 11 is 0. The van der Waals surface area contributed by atoms with Gasteiger partial charge < -0.3 is 9.47 Å². The molecular formula is C20H36O4. The third-order valence-electron chi connectivity index (χ3n) is 3.97. The molecule has 0 atom stereocenters. The summed E-state index contributed by atoms with van der Waals surface area (Å²) in [6.45, 7) is 8.48. The zero-order valence-corrected chi connectivity index (χ0v) is 16.1. The molecule has 4 nitrogen and oxygen atoms in total. The lowest BCUT2D eigenvalue weighted by molar-refractivity contribution is -0.142. The Labute approximate surface area is 148 Å². The third kappa shape index (κ3) is 9.74. The molecule has 0 saturated carbocycles. The molecule has 0 aliphatic rings. The molecule has 0 heterocycles. The Morgan fingerprint density at radius 3 is 1.46 bits per heavy atom. The molecule has 0 unspecified atom stereocenters. The number of ether oxygens (including phenoxy) is 2. The lowest BCUT2D eigenvalue weighted by Crippen LogP contribution is -2.17. The maximum absolute atomic E-state index is 12.3. The highest BCUT2D eigenvalue weighted by Crippen LogP contribution is 2.22. The Morgan fingerprint density at radius 1 is 0.583 bits per heavy atom. The summed E-state index contributed by atoms with van der Waals surface area (Å²) in [6.07, 6.45) is 9.89. The highest BCUT2D eigenvalue weighted by Gasteiger charge is 2.22. The van der Waals surface area contributed by atoms with Crippen LogP contribution in [0.1, 0.15) is 91.9 Å². The number of carbonyl (C=O) groups is 2. The summed E-state index contributed by atoms with van der Waals surface area (Å²) in [4.78, 5) is 24.6. The van der Waals surface area contributed by atoms with E-state index >= 15 is 0 Å². The lowest BCUT2D eigenvalue weighted by Gasteiger charge is -2.14. The number of rotatable bonds is 14. The minimum Gasteiger partial charge on any atom is -0.463 e. The summed E-state index contributed by atoms with van der Waals surface area (Å²) in [5, 5.41) is 0. The van der Waals surface area contributed by atoms with E-state index in [0.29, 0.717) is 37.2 Å². The van der Waals surface area contributed by atoms with Gasteiger partial charge in [-0.3, -0.25) is 0 Å². The molecule has 24 heavy (non-hydrogen) atoms. The fourth-order valence-electron chi connectivity index (χ4n) is 2.62. The van der Waals surface area contributed by atoms with Gasteiger partial charge in [0.15, 0.2) is 0 Å². The van der Waals surface area contributed by atoms with Crippen LogP contribution < -0.4 is 0 Å². The number of unbranched alkanes of at least 4 members (excludes halogenated alkanes) is 6. The van der Waals surface area contributed by atoms with Gasteiger partial charge in [-0.2, -0.15) is 0 Å². The predicted octanol–water partition coefficient (Wildman–Crippen LogP) is 5.35. The summed E-state index contributed by atoms with van der Waals surface area (Å²) < 4.78 is 10.3. The molecule has 0 aliphatic carbocycles. The van der Waals surface area contributed by atoms with Crippen LogP contribution in [-0.4, -0.2) is 25.2 Å². The molecule has 0 radical (unpaired) electrons. The molecule has 0 aromatic carbocycles. The molecule has 0 amide bonds. The van der Waals surface area contributed by atoms with Gasteiger partial charge in [0, 0.05) is 11.1 Å². The van der Waals surface area contributed by atoms with Crippen molar-refractivity contribution >= 4 is 11.9 Å². The normalized spacial score (nSPS) is 11.8. The van der Waals surface area contributed by atoms with Crippen molar-refractivity contribution < 1.29 is 19.1 Å². The quantitative estimate of drug-likeness (QED) is 0.243. The molecule has 0 saturated heterocycles. The van der Waals surface area contributed by atoms with E-state index < -0.39 is 0 Å². The Hall–Kier alpha value is -1.32. The average Bonchev–Trinajstić information content (AvgIpc) is 2.56. The van der Waals surface area contributed by atoms with Crippen LogP contribution in [0.25, 0.3) is 0 Å². The zero-order valence-electron chi connectivity index (χ0n) is 16.1. The van der Waals surface area contributed by atoms with E-state index in [1.54, 1.807) is 13.8 Å². The fraction of sp³-hybridized carbons (Fsp3) is 0.800. The molecule has 0 N–H and O–H groups in total. The molecule has 0 spiro atoms. The Bertz CT molecular complexity index is 385. The van der Waals surface area contributed by atoms with Gasteiger partial charge in [0.2, 0.25) is 0 Å². The minimum atomic E-state index is -0.361. The first-order valence-electron chi connectivity index (χ1n) is 9.68. The summed E-state index contributed by atoms with van der Waals surface area (Å²) in [5.41, 5.74) is 1.05. The van der Waals surface area contributed by atoms with Gasteiger partial charge in [0.25, 0.3) is 0 Å². The zero-order chi connectivity index (χ0) is 18.2. The third-order valence-corrected chi connectivity index (χ3v) is 3.97. The van der Waals surface area contributed by atoms with E-state index in [0.717, 1.165) is 25.7 Å². The number of hydrogen-bond donors (Lipinski definition) is 0. The van der Waals surface area contributed by atoms with Crippen LogP contribution in [0.4, 0.5) is 0 Å². The highest BCUT2D eigenvalue weighted by atomic mass is 16.5. The number of esters is 2. The second-order valence-electron chi connectivity index (χ2n) is 6.02. The molecule has 0 aromatic rings. The predicted molar refractivity (Wildman–Crippen MR) is 97.8 cm³/mol. The van der Waals surface area contributed by atoms with Crippen LogP contribution in [0, 0.1) is 0 Å². The summed E-state index contributed by atoms with van der Waals surface area (Å²) in [5.74, 6) is -0.717. The van der Waals surface area contributed by atoms with E-state index in [1.807, 2.05) is 0 Å². The Balaban J connectivity index is 5.03. The monoisotopic (exact) mass is 340 g/mol. The van der Waals surface area contributed by atoms with Gasteiger partial charge >= 0.3 is 11.9 Å². The second kappa shape index (κ2) is 15.2. The highest BCUT2D eigenvalue weighted by molar-refractivity contribution is 6.00. The van der Waals surface area contributed by atoms with Gasteiger partial charge in [-0.05, 0) is 39.5 Å². The molecule has 0 rings (SSSR count). The second-order valence-corrected chi connectivity index (χ2v) is 6.02. The van der Waals surface area contributed by atoms with E-state index in [-0.39, 0.29) is 11.9 Å². The molecule has 4 heteroatoms. The van der Waals surface area contributed by atoms with Crippen molar-refractivity contribution in [1.82, 2.24) is 0 Å². The molecule has 0 bridgehead atoms. The van der Waals surface area contributed by atoms with Crippen molar-refractivity contribution in [2.24, 2.45) is 0 Å². The maximum Gasteiger partial charge on any atom is 0.334 e. The van der Waals surface area contributed by atoms with Crippen molar-refractivity contribution in [3.05, 3.63) is 11.1 Å². The van der Waals surface area contributed by atoms with Crippen LogP contribution in [0.2, 0.25) is 0 Å². The Morgan fingerprint density at radius 2 is 1.00 bits per heavy atom. The first-order chi connectivity index (χ1) is 11.6. The van der Waals surface area contributed by atoms with Crippen molar-refractivity contribution in [1.29, 1.82) is 0 Å². The SMILES string of the molecule is CCCCCCCC/C(C(=O)OCC)=C(\CCCC)C(=O)OCC. The van der Waals surface area contributed by atoms with Crippen molar-refractivity contribution in [2.75, 3.05) is 13.2 Å². The fourth-order valence-corrected chi connectivity index (χ4v) is 2.62. The standard InChI is InChI=1S/C20H36O4/c1-5-9-11-12-13-14-16-18(20(22)24-8-4)17(15-10-6-2)19(21)23-7-3/h5-16H2,1-4H3/b18-17-. The summed E-state index contributed by atoms with van der Waals surface area (Å²) in [6, 6.07) is 0. The number of hydrogen-bond acceptors (Lipinski definition) is 4. The topological polar surface area (TPSA) is 52.6 Å². The van der Waals surface area contributed by atoms with Crippen molar-refractivity contribution in [2.45, 2.75) is 91.9 Å². The minimum absolute atomic E-state index is 0.321. The van der Waals surface area contributed by atoms with Gasteiger partial charge in [-0.15, -0.1) is 0 Å². The largest absolute Gasteiger partial charge is 0.463 e. The van der Waals surface area contributed by atoms with Crippen LogP contribution in [0.5, 0.6) is 0 Å². The Kier molecular flexibility index (Phi) is 14.4. The lowest BCUT2D eigenvalue weighted by atomic mass is 9.97. The van der Waals surface area contributed by atoms with Crippen LogP contribution in [-0.2, 0) is 19.1 Å². The number of carbonyl (C=O) groups excluding carboxylic acids is 2. The molecular weight excluding hydrogens is 304 g/mol. The first-order valence-corrected chi connectivity index (χ1v) is 9.68. The first kappa shape index (κ1) is 22.7. The van der Waals surface area contributed by atoms with Gasteiger partial charge in [-0.1, -0.05) is 52.4 Å². The molecule has 140 valence electrons. The molecule has 0 aromatic heterocycles. The maximum atomic E-state index is 12.3. The smallest absolute Gasteiger partial charge is 0.334 e. The van der Waals surface area contributed by atoms with Crippen LogP contribution in [0.15, 0.2) is 11.1 Å². The van der Waals surface area contributed by atoms with Gasteiger partial charge in [-0.25, -0.2) is 9.59 Å². The average molecular weight is 341 g/mol. The van der Waals surface area contributed by atoms with E-state index in [9.17, 15) is 9.59 Å². The molecule has 0 aliphatic heterocycles. The van der Waals surface area contributed by atoms with Crippen LogP contribution in [0.3, 0.4) is 0 Å². The van der Waals surface area contributed by atoms with Gasteiger partial charge in [0.05, 0.1) is 13.2 Å². The van der Waals surface area contributed by atoms with E-state index in [1.165, 1.54) is 25.7 Å². The van der Waals surface area contributed by atoms with E-state index in [2.05, 4.69) is 13.8 Å². The van der Waals surface area contributed by atoms with Crippen LogP contribution >= 0.6 is 0 Å². The van der Waals surface area contributed by atoms with Crippen molar-refractivity contribution in [3.8, 4) is 0 Å². The van der Waals surface area contributed by atoms with Crippen molar-refractivity contribution in [3.63, 3.8) is 0 Å². The van der Waals surface area contributed by atoms with Gasteiger partial charge in [0.1, 0.15) is 0 Å².